The van der Waals surface area contributed by atoms with Gasteiger partial charge in [0, 0.05) is 9.86 Å². The van der Waals surface area contributed by atoms with Crippen molar-refractivity contribution in [1.82, 2.24) is 5.43 Å². The molecule has 2 aromatic carbocycles. The molecule has 3 N–H and O–H groups in total. The third-order valence-corrected chi connectivity index (χ3v) is 3.57. The van der Waals surface area contributed by atoms with Gasteiger partial charge < -0.3 is 4.42 Å². The van der Waals surface area contributed by atoms with E-state index in [1.54, 1.807) is 6.07 Å². The van der Waals surface area contributed by atoms with Crippen molar-refractivity contribution < 1.29 is 8.81 Å². The number of para-hydroxylation sites is 1. The standard InChI is InChI=1S/C15H12BrFN2O/c16-11-5-10(6-12(17)8-11)15(19-18)14-7-9-3-1-2-4-13(9)20-14/h1-8,15,19H,18H2. The van der Waals surface area contributed by atoms with Crippen LogP contribution in [0.4, 0.5) is 4.39 Å². The van der Waals surface area contributed by atoms with E-state index in [-0.39, 0.29) is 5.82 Å². The minimum Gasteiger partial charge on any atom is -0.459 e. The first kappa shape index (κ1) is 13.3. The largest absolute Gasteiger partial charge is 0.459 e. The van der Waals surface area contributed by atoms with E-state index in [1.807, 2.05) is 30.3 Å². The Morgan fingerprint density at radius 3 is 2.65 bits per heavy atom. The van der Waals surface area contributed by atoms with Crippen molar-refractivity contribution in [2.75, 3.05) is 0 Å². The predicted octanol–water partition coefficient (Wildman–Crippen LogP) is 3.89. The van der Waals surface area contributed by atoms with Crippen molar-refractivity contribution in [3.8, 4) is 0 Å². The summed E-state index contributed by atoms with van der Waals surface area (Å²) in [5, 5.41) is 0.984. The maximum Gasteiger partial charge on any atom is 0.134 e. The van der Waals surface area contributed by atoms with Crippen molar-refractivity contribution in [2.45, 2.75) is 6.04 Å². The number of rotatable bonds is 3. The van der Waals surface area contributed by atoms with Gasteiger partial charge in [0.05, 0.1) is 0 Å². The molecule has 0 aliphatic carbocycles. The summed E-state index contributed by atoms with van der Waals surface area (Å²) in [6, 6.07) is 13.8. The summed E-state index contributed by atoms with van der Waals surface area (Å²) in [4.78, 5) is 0. The van der Waals surface area contributed by atoms with E-state index < -0.39 is 6.04 Å². The smallest absolute Gasteiger partial charge is 0.134 e. The van der Waals surface area contributed by atoms with Gasteiger partial charge >= 0.3 is 0 Å². The molecule has 0 aliphatic rings. The van der Waals surface area contributed by atoms with E-state index >= 15 is 0 Å². The molecule has 0 radical (unpaired) electrons. The van der Waals surface area contributed by atoms with Crippen LogP contribution in [0.15, 0.2) is 57.4 Å². The van der Waals surface area contributed by atoms with Gasteiger partial charge in [0.2, 0.25) is 0 Å². The molecule has 3 rings (SSSR count). The van der Waals surface area contributed by atoms with Gasteiger partial charge in [0.25, 0.3) is 0 Å². The van der Waals surface area contributed by atoms with Gasteiger partial charge in [0.15, 0.2) is 0 Å². The zero-order chi connectivity index (χ0) is 14.1. The Kier molecular flexibility index (Phi) is 3.56. The van der Waals surface area contributed by atoms with E-state index in [9.17, 15) is 4.39 Å². The van der Waals surface area contributed by atoms with Gasteiger partial charge in [-0.05, 0) is 35.9 Å². The van der Waals surface area contributed by atoms with E-state index in [2.05, 4.69) is 21.4 Å². The second-order valence-corrected chi connectivity index (χ2v) is 5.40. The molecule has 0 saturated carbocycles. The van der Waals surface area contributed by atoms with Crippen LogP contribution in [0, 0.1) is 5.82 Å². The number of furan rings is 1. The number of hydrogen-bond donors (Lipinski definition) is 2. The quantitative estimate of drug-likeness (QED) is 0.564. The maximum absolute atomic E-state index is 13.5. The molecular weight excluding hydrogens is 323 g/mol. The van der Waals surface area contributed by atoms with Crippen LogP contribution in [0.3, 0.4) is 0 Å². The van der Waals surface area contributed by atoms with Crippen molar-refractivity contribution in [1.29, 1.82) is 0 Å². The normalized spacial score (nSPS) is 12.8. The number of halogens is 2. The first-order valence-corrected chi connectivity index (χ1v) is 6.87. The summed E-state index contributed by atoms with van der Waals surface area (Å²) in [7, 11) is 0. The summed E-state index contributed by atoms with van der Waals surface area (Å²) in [6.07, 6.45) is 0. The predicted molar refractivity (Wildman–Crippen MR) is 79.5 cm³/mol. The fourth-order valence-corrected chi connectivity index (χ4v) is 2.71. The van der Waals surface area contributed by atoms with E-state index in [0.29, 0.717) is 15.8 Å². The Morgan fingerprint density at radius 1 is 1.15 bits per heavy atom. The van der Waals surface area contributed by atoms with E-state index in [0.717, 1.165) is 11.0 Å². The summed E-state index contributed by atoms with van der Waals surface area (Å²) in [5.41, 5.74) is 4.14. The third-order valence-electron chi connectivity index (χ3n) is 3.11. The molecule has 102 valence electrons. The molecule has 3 aromatic rings. The lowest BCUT2D eigenvalue weighted by atomic mass is 10.0. The maximum atomic E-state index is 13.5. The molecule has 1 unspecified atom stereocenters. The van der Waals surface area contributed by atoms with Gasteiger partial charge in [-0.1, -0.05) is 34.1 Å². The molecule has 1 aromatic heterocycles. The van der Waals surface area contributed by atoms with Crippen LogP contribution in [0.1, 0.15) is 17.4 Å². The van der Waals surface area contributed by atoms with Gasteiger partial charge in [-0.25, -0.2) is 9.82 Å². The average Bonchev–Trinajstić information content (AvgIpc) is 2.81. The first-order valence-electron chi connectivity index (χ1n) is 6.08. The van der Waals surface area contributed by atoms with Crippen molar-refractivity contribution in [3.63, 3.8) is 0 Å². The Hall–Kier alpha value is -1.69. The molecular formula is C15H12BrFN2O. The molecule has 0 aliphatic heterocycles. The van der Waals surface area contributed by atoms with Crippen LogP contribution in [-0.4, -0.2) is 0 Å². The Bertz CT molecular complexity index is 703. The summed E-state index contributed by atoms with van der Waals surface area (Å²) >= 11 is 3.28. The fraction of sp³-hybridized carbons (Fsp3) is 0.0667. The highest BCUT2D eigenvalue weighted by Crippen LogP contribution is 2.29. The topological polar surface area (TPSA) is 51.2 Å². The van der Waals surface area contributed by atoms with Gasteiger partial charge in [-0.2, -0.15) is 0 Å². The molecule has 1 heterocycles. The molecule has 0 saturated heterocycles. The van der Waals surface area contributed by atoms with Gasteiger partial charge in [-0.3, -0.25) is 5.84 Å². The number of benzene rings is 2. The lowest BCUT2D eigenvalue weighted by Gasteiger charge is -2.14. The Labute approximate surface area is 123 Å². The van der Waals surface area contributed by atoms with E-state index in [1.165, 1.54) is 12.1 Å². The fourth-order valence-electron chi connectivity index (χ4n) is 2.23. The van der Waals surface area contributed by atoms with Crippen molar-refractivity contribution >= 4 is 26.9 Å². The number of hydrogen-bond acceptors (Lipinski definition) is 3. The molecule has 0 bridgehead atoms. The highest BCUT2D eigenvalue weighted by Gasteiger charge is 2.18. The van der Waals surface area contributed by atoms with Gasteiger partial charge in [-0.15, -0.1) is 0 Å². The Morgan fingerprint density at radius 2 is 1.95 bits per heavy atom. The van der Waals surface area contributed by atoms with Crippen molar-refractivity contribution in [3.05, 3.63) is 70.1 Å². The van der Waals surface area contributed by atoms with Crippen LogP contribution in [-0.2, 0) is 0 Å². The highest BCUT2D eigenvalue weighted by molar-refractivity contribution is 9.10. The second-order valence-electron chi connectivity index (χ2n) is 4.49. The zero-order valence-corrected chi connectivity index (χ0v) is 12.0. The number of hydrazine groups is 1. The second kappa shape index (κ2) is 5.36. The van der Waals surface area contributed by atoms with Crippen molar-refractivity contribution in [2.24, 2.45) is 5.84 Å². The minimum absolute atomic E-state index is 0.328. The molecule has 5 heteroatoms. The first-order chi connectivity index (χ1) is 9.67. The summed E-state index contributed by atoms with van der Waals surface area (Å²) < 4.78 is 19.9. The highest BCUT2D eigenvalue weighted by atomic mass is 79.9. The molecule has 0 spiro atoms. The minimum atomic E-state index is -0.408. The number of fused-ring (bicyclic) bond motifs is 1. The van der Waals surface area contributed by atoms with Crippen LogP contribution in [0.25, 0.3) is 11.0 Å². The van der Waals surface area contributed by atoms with Crippen LogP contribution < -0.4 is 11.3 Å². The SMILES string of the molecule is NNC(c1cc(F)cc(Br)c1)c1cc2ccccc2o1. The van der Waals surface area contributed by atoms with Crippen LogP contribution >= 0.6 is 15.9 Å². The third kappa shape index (κ3) is 2.47. The molecule has 0 fully saturated rings. The number of nitrogens with one attached hydrogen (secondary N) is 1. The lowest BCUT2D eigenvalue weighted by Crippen LogP contribution is -2.28. The summed E-state index contributed by atoms with van der Waals surface area (Å²) in [5.74, 6) is 5.93. The molecule has 20 heavy (non-hydrogen) atoms. The molecule has 1 atom stereocenters. The molecule has 0 amide bonds. The van der Waals surface area contributed by atoms with Crippen LogP contribution in [0.5, 0.6) is 0 Å². The molecule has 3 nitrogen and oxygen atoms in total. The van der Waals surface area contributed by atoms with Crippen LogP contribution in [0.2, 0.25) is 0 Å². The van der Waals surface area contributed by atoms with Gasteiger partial charge in [0.1, 0.15) is 23.2 Å². The lowest BCUT2D eigenvalue weighted by molar-refractivity contribution is 0.475. The summed E-state index contributed by atoms with van der Waals surface area (Å²) in [6.45, 7) is 0. The van der Waals surface area contributed by atoms with E-state index in [4.69, 9.17) is 10.3 Å². The Balaban J connectivity index is 2.08. The zero-order valence-electron chi connectivity index (χ0n) is 10.4. The average molecular weight is 335 g/mol. The monoisotopic (exact) mass is 334 g/mol. The number of nitrogens with two attached hydrogens (primary N) is 1.